The highest BCUT2D eigenvalue weighted by Gasteiger charge is 2.28. The number of fused-ring (bicyclic) bond motifs is 1. The van der Waals surface area contributed by atoms with Gasteiger partial charge in [0, 0.05) is 43.0 Å². The number of rotatable bonds is 3. The molecule has 1 atom stereocenters. The summed E-state index contributed by atoms with van der Waals surface area (Å²) in [4.78, 5) is 33.4. The molecule has 0 saturated carbocycles. The number of ether oxygens (including phenoxy) is 1. The Morgan fingerprint density at radius 2 is 2.15 bits per heavy atom. The lowest BCUT2D eigenvalue weighted by Crippen LogP contribution is -2.40. The van der Waals surface area contributed by atoms with Crippen LogP contribution in [-0.4, -0.2) is 45.5 Å². The standard InChI is InChI=1S/C20H22N4O3/c1-23-17-6-5-15(27-2)8-14(17)9-18(23)20(26)24-7-3-4-13(11-24)16-10-19(25)22-12-21-16/h5-6,8-10,12-13H,3-4,7,11H2,1-2H3,(H,21,22,25)/t13-/m0/s1. The normalized spacial score (nSPS) is 17.3. The molecule has 0 bridgehead atoms. The van der Waals surface area contributed by atoms with Crippen LogP contribution in [0.15, 0.2) is 41.5 Å². The van der Waals surface area contributed by atoms with Crippen molar-refractivity contribution in [1.29, 1.82) is 0 Å². The van der Waals surface area contributed by atoms with Crippen LogP contribution in [0.3, 0.4) is 0 Å². The van der Waals surface area contributed by atoms with Gasteiger partial charge in [-0.25, -0.2) is 4.98 Å². The molecule has 0 spiro atoms. The molecule has 1 fully saturated rings. The fourth-order valence-electron chi connectivity index (χ4n) is 3.83. The molecule has 7 nitrogen and oxygen atoms in total. The number of aromatic nitrogens is 3. The summed E-state index contributed by atoms with van der Waals surface area (Å²) in [7, 11) is 3.54. The number of nitrogens with zero attached hydrogens (tertiary/aromatic N) is 3. The van der Waals surface area contributed by atoms with Crippen molar-refractivity contribution in [3.8, 4) is 5.75 Å². The number of methoxy groups -OCH3 is 1. The fraction of sp³-hybridized carbons (Fsp3) is 0.350. The lowest BCUT2D eigenvalue weighted by molar-refractivity contribution is 0.0696. The molecule has 1 amide bonds. The van der Waals surface area contributed by atoms with Crippen LogP contribution in [0.5, 0.6) is 5.75 Å². The van der Waals surface area contributed by atoms with Crippen molar-refractivity contribution in [1.82, 2.24) is 19.4 Å². The molecule has 7 heteroatoms. The van der Waals surface area contributed by atoms with Crippen molar-refractivity contribution < 1.29 is 9.53 Å². The van der Waals surface area contributed by atoms with Crippen LogP contribution >= 0.6 is 0 Å². The maximum absolute atomic E-state index is 13.2. The first-order valence-corrected chi connectivity index (χ1v) is 9.04. The number of hydrogen-bond acceptors (Lipinski definition) is 4. The Hall–Kier alpha value is -3.09. The molecule has 3 aromatic rings. The first-order chi connectivity index (χ1) is 13.1. The smallest absolute Gasteiger partial charge is 0.270 e. The number of likely N-dealkylation sites (tertiary alicyclic amines) is 1. The van der Waals surface area contributed by atoms with Gasteiger partial charge in [-0.1, -0.05) is 0 Å². The largest absolute Gasteiger partial charge is 0.497 e. The summed E-state index contributed by atoms with van der Waals surface area (Å²) in [6.45, 7) is 1.28. The highest BCUT2D eigenvalue weighted by molar-refractivity contribution is 5.99. The number of carbonyl (C=O) groups is 1. The lowest BCUT2D eigenvalue weighted by Gasteiger charge is -2.32. The van der Waals surface area contributed by atoms with E-state index in [0.717, 1.165) is 35.2 Å². The highest BCUT2D eigenvalue weighted by atomic mass is 16.5. The van der Waals surface area contributed by atoms with E-state index < -0.39 is 0 Å². The minimum absolute atomic E-state index is 0.00204. The van der Waals surface area contributed by atoms with E-state index in [9.17, 15) is 9.59 Å². The van der Waals surface area contributed by atoms with Gasteiger partial charge < -0.3 is 19.2 Å². The number of amides is 1. The second kappa shape index (κ2) is 6.90. The van der Waals surface area contributed by atoms with Gasteiger partial charge in [-0.2, -0.15) is 0 Å². The van der Waals surface area contributed by atoms with Crippen LogP contribution < -0.4 is 10.3 Å². The first kappa shape index (κ1) is 17.3. The predicted molar refractivity (Wildman–Crippen MR) is 102 cm³/mol. The second-order valence-electron chi connectivity index (χ2n) is 6.94. The van der Waals surface area contributed by atoms with E-state index in [1.54, 1.807) is 7.11 Å². The Morgan fingerprint density at radius 3 is 2.93 bits per heavy atom. The van der Waals surface area contributed by atoms with Crippen LogP contribution in [0.2, 0.25) is 0 Å². The molecule has 1 aliphatic heterocycles. The Labute approximate surface area is 156 Å². The SMILES string of the molecule is COc1ccc2c(c1)cc(C(=O)N1CCC[C@H](c3cc(=O)[nH]cn3)C1)n2C. The van der Waals surface area contributed by atoms with Gasteiger partial charge in [0.2, 0.25) is 0 Å². The Balaban J connectivity index is 1.61. The van der Waals surface area contributed by atoms with E-state index in [1.165, 1.54) is 12.4 Å². The number of nitrogens with one attached hydrogen (secondary N) is 1. The van der Waals surface area contributed by atoms with Gasteiger partial charge in [-0.3, -0.25) is 9.59 Å². The fourth-order valence-corrected chi connectivity index (χ4v) is 3.83. The molecule has 1 N–H and O–H groups in total. The summed E-state index contributed by atoms with van der Waals surface area (Å²) in [5, 5.41) is 0.977. The number of benzene rings is 1. The van der Waals surface area contributed by atoms with Crippen molar-refractivity contribution in [2.45, 2.75) is 18.8 Å². The molecule has 140 valence electrons. The number of hydrogen-bond donors (Lipinski definition) is 1. The number of aromatic amines is 1. The maximum Gasteiger partial charge on any atom is 0.270 e. The Morgan fingerprint density at radius 1 is 1.30 bits per heavy atom. The third kappa shape index (κ3) is 3.20. The maximum atomic E-state index is 13.2. The van der Waals surface area contributed by atoms with Gasteiger partial charge in [0.15, 0.2) is 0 Å². The summed E-state index contributed by atoms with van der Waals surface area (Å²) in [5.41, 5.74) is 2.23. The Kier molecular flexibility index (Phi) is 4.43. The number of aryl methyl sites for hydroxylation is 1. The monoisotopic (exact) mass is 366 g/mol. The molecular weight excluding hydrogens is 344 g/mol. The van der Waals surface area contributed by atoms with E-state index in [-0.39, 0.29) is 17.4 Å². The topological polar surface area (TPSA) is 80.2 Å². The molecule has 2 aromatic heterocycles. The summed E-state index contributed by atoms with van der Waals surface area (Å²) < 4.78 is 7.20. The molecule has 0 aliphatic carbocycles. The number of carbonyl (C=O) groups excluding carboxylic acids is 1. The van der Waals surface area contributed by atoms with E-state index in [0.29, 0.717) is 18.8 Å². The summed E-state index contributed by atoms with van der Waals surface area (Å²) >= 11 is 0. The molecule has 0 unspecified atom stereocenters. The van der Waals surface area contributed by atoms with Crippen molar-refractivity contribution in [2.75, 3.05) is 20.2 Å². The van der Waals surface area contributed by atoms with E-state index in [1.807, 2.05) is 40.8 Å². The van der Waals surface area contributed by atoms with Gasteiger partial charge in [-0.15, -0.1) is 0 Å². The predicted octanol–water partition coefficient (Wildman–Crippen LogP) is 2.29. The van der Waals surface area contributed by atoms with Gasteiger partial charge in [0.05, 0.1) is 19.1 Å². The van der Waals surface area contributed by atoms with Gasteiger partial charge in [-0.05, 0) is 37.1 Å². The number of piperidine rings is 1. The molecule has 1 saturated heterocycles. The van der Waals surface area contributed by atoms with Crippen molar-refractivity contribution in [3.63, 3.8) is 0 Å². The molecule has 1 aliphatic rings. The van der Waals surface area contributed by atoms with Crippen molar-refractivity contribution >= 4 is 16.8 Å². The molecule has 27 heavy (non-hydrogen) atoms. The summed E-state index contributed by atoms with van der Waals surface area (Å²) in [6.07, 6.45) is 3.24. The first-order valence-electron chi connectivity index (χ1n) is 9.04. The van der Waals surface area contributed by atoms with E-state index in [4.69, 9.17) is 4.74 Å². The van der Waals surface area contributed by atoms with Gasteiger partial charge in [0.1, 0.15) is 11.4 Å². The molecule has 1 aromatic carbocycles. The summed E-state index contributed by atoms with van der Waals surface area (Å²) in [6, 6.07) is 9.23. The van der Waals surface area contributed by atoms with Crippen LogP contribution in [0.25, 0.3) is 10.9 Å². The summed E-state index contributed by atoms with van der Waals surface area (Å²) in [5.74, 6) is 0.854. The third-order valence-electron chi connectivity index (χ3n) is 5.30. The average molecular weight is 366 g/mol. The zero-order valence-corrected chi connectivity index (χ0v) is 15.4. The second-order valence-corrected chi connectivity index (χ2v) is 6.94. The van der Waals surface area contributed by atoms with Crippen molar-refractivity contribution in [2.24, 2.45) is 7.05 Å². The van der Waals surface area contributed by atoms with E-state index in [2.05, 4.69) is 9.97 Å². The van der Waals surface area contributed by atoms with Gasteiger partial charge in [0.25, 0.3) is 11.5 Å². The third-order valence-corrected chi connectivity index (χ3v) is 5.30. The average Bonchev–Trinajstić information content (AvgIpc) is 3.03. The van der Waals surface area contributed by atoms with Crippen LogP contribution in [0.4, 0.5) is 0 Å². The van der Waals surface area contributed by atoms with Crippen LogP contribution in [-0.2, 0) is 7.05 Å². The zero-order chi connectivity index (χ0) is 19.0. The quantitative estimate of drug-likeness (QED) is 0.771. The van der Waals surface area contributed by atoms with Gasteiger partial charge >= 0.3 is 0 Å². The molecule has 3 heterocycles. The van der Waals surface area contributed by atoms with Crippen LogP contribution in [0.1, 0.15) is 34.9 Å². The minimum atomic E-state index is -0.161. The molecular formula is C20H22N4O3. The minimum Gasteiger partial charge on any atom is -0.497 e. The van der Waals surface area contributed by atoms with Crippen LogP contribution in [0, 0.1) is 0 Å². The molecule has 0 radical (unpaired) electrons. The highest BCUT2D eigenvalue weighted by Crippen LogP contribution is 2.28. The molecule has 4 rings (SSSR count). The number of H-pyrrole nitrogens is 1. The lowest BCUT2D eigenvalue weighted by atomic mass is 9.94. The van der Waals surface area contributed by atoms with E-state index >= 15 is 0 Å². The zero-order valence-electron chi connectivity index (χ0n) is 15.4. The Bertz CT molecular complexity index is 1050. The van der Waals surface area contributed by atoms with Crippen molar-refractivity contribution in [3.05, 3.63) is 58.4 Å².